The van der Waals surface area contributed by atoms with E-state index in [9.17, 15) is 8.42 Å². The Hall–Kier alpha value is -0.960. The molecule has 1 aliphatic heterocycles. The van der Waals surface area contributed by atoms with E-state index in [-0.39, 0.29) is 11.5 Å². The first-order valence-electron chi connectivity index (χ1n) is 7.36. The van der Waals surface area contributed by atoms with Crippen LogP contribution in [-0.2, 0) is 16.6 Å². The van der Waals surface area contributed by atoms with Gasteiger partial charge in [0.1, 0.15) is 4.90 Å². The standard InChI is InChI=1S/C13H24N4O3S/c1-3-12(2)15-4-6-17(7-5-15)21(19,20)13-10-14-16(11-13)8-9-18/h10-12,18H,3-9H2,1-2H3. The first kappa shape index (κ1) is 16.4. The molecule has 7 nitrogen and oxygen atoms in total. The number of aliphatic hydroxyl groups is 1. The molecule has 0 saturated carbocycles. The van der Waals surface area contributed by atoms with Gasteiger partial charge in [-0.2, -0.15) is 9.40 Å². The zero-order chi connectivity index (χ0) is 15.5. The van der Waals surface area contributed by atoms with Gasteiger partial charge >= 0.3 is 0 Å². The molecule has 1 fully saturated rings. The fourth-order valence-electron chi connectivity index (χ4n) is 2.49. The number of hydrogen-bond donors (Lipinski definition) is 1. The van der Waals surface area contributed by atoms with Crippen LogP contribution in [0.15, 0.2) is 17.3 Å². The van der Waals surface area contributed by atoms with Gasteiger partial charge in [0.2, 0.25) is 10.0 Å². The van der Waals surface area contributed by atoms with Crippen molar-refractivity contribution in [2.24, 2.45) is 0 Å². The Morgan fingerprint density at radius 3 is 2.57 bits per heavy atom. The second-order valence-corrected chi connectivity index (χ2v) is 7.30. The quantitative estimate of drug-likeness (QED) is 0.798. The lowest BCUT2D eigenvalue weighted by molar-refractivity contribution is 0.142. The first-order valence-corrected chi connectivity index (χ1v) is 8.80. The molecule has 120 valence electrons. The van der Waals surface area contributed by atoms with E-state index in [0.29, 0.717) is 25.7 Å². The van der Waals surface area contributed by atoms with Crippen molar-refractivity contribution in [2.75, 3.05) is 32.8 Å². The minimum Gasteiger partial charge on any atom is -0.394 e. The SMILES string of the molecule is CCC(C)N1CCN(S(=O)(=O)c2cnn(CCO)c2)CC1. The van der Waals surface area contributed by atoms with Crippen molar-refractivity contribution in [2.45, 2.75) is 37.8 Å². The van der Waals surface area contributed by atoms with E-state index in [1.165, 1.54) is 21.4 Å². The molecule has 1 atom stereocenters. The van der Waals surface area contributed by atoms with Crippen LogP contribution in [0.2, 0.25) is 0 Å². The maximum Gasteiger partial charge on any atom is 0.246 e. The van der Waals surface area contributed by atoms with Crippen molar-refractivity contribution in [3.05, 3.63) is 12.4 Å². The average Bonchev–Trinajstić information content (AvgIpc) is 2.96. The number of aromatic nitrogens is 2. The maximum atomic E-state index is 12.5. The Morgan fingerprint density at radius 1 is 1.33 bits per heavy atom. The van der Waals surface area contributed by atoms with Crippen LogP contribution in [0.4, 0.5) is 0 Å². The molecule has 1 unspecified atom stereocenters. The zero-order valence-electron chi connectivity index (χ0n) is 12.6. The molecule has 0 aromatic carbocycles. The Labute approximate surface area is 126 Å². The van der Waals surface area contributed by atoms with Gasteiger partial charge in [0.15, 0.2) is 0 Å². The maximum absolute atomic E-state index is 12.5. The van der Waals surface area contributed by atoms with E-state index in [0.717, 1.165) is 19.5 Å². The summed E-state index contributed by atoms with van der Waals surface area (Å²) in [6, 6.07) is 0.488. The molecule has 21 heavy (non-hydrogen) atoms. The van der Waals surface area contributed by atoms with Crippen molar-refractivity contribution >= 4 is 10.0 Å². The van der Waals surface area contributed by atoms with Gasteiger partial charge in [0, 0.05) is 38.4 Å². The lowest BCUT2D eigenvalue weighted by atomic mass is 10.2. The lowest BCUT2D eigenvalue weighted by Gasteiger charge is -2.36. The van der Waals surface area contributed by atoms with Gasteiger partial charge in [-0.3, -0.25) is 9.58 Å². The van der Waals surface area contributed by atoms with Crippen LogP contribution in [0.5, 0.6) is 0 Å². The van der Waals surface area contributed by atoms with Crippen molar-refractivity contribution < 1.29 is 13.5 Å². The van der Waals surface area contributed by atoms with Crippen LogP contribution < -0.4 is 0 Å². The number of aliphatic hydroxyl groups excluding tert-OH is 1. The molecule has 1 saturated heterocycles. The molecule has 2 heterocycles. The molecule has 0 spiro atoms. The number of nitrogens with zero attached hydrogens (tertiary/aromatic N) is 4. The van der Waals surface area contributed by atoms with Crippen LogP contribution >= 0.6 is 0 Å². The van der Waals surface area contributed by atoms with E-state index in [4.69, 9.17) is 5.11 Å². The summed E-state index contributed by atoms with van der Waals surface area (Å²) >= 11 is 0. The minimum atomic E-state index is -3.47. The molecule has 0 amide bonds. The Morgan fingerprint density at radius 2 is 2.00 bits per heavy atom. The van der Waals surface area contributed by atoms with Crippen LogP contribution in [0.1, 0.15) is 20.3 Å². The van der Waals surface area contributed by atoms with Crippen molar-refractivity contribution in [1.29, 1.82) is 0 Å². The van der Waals surface area contributed by atoms with Gasteiger partial charge in [-0.05, 0) is 13.3 Å². The minimum absolute atomic E-state index is 0.0608. The van der Waals surface area contributed by atoms with E-state index in [1.54, 1.807) is 0 Å². The predicted molar refractivity (Wildman–Crippen MR) is 79.4 cm³/mol. The Kier molecular flexibility index (Phi) is 5.37. The van der Waals surface area contributed by atoms with Gasteiger partial charge in [-0.25, -0.2) is 8.42 Å². The molecule has 2 rings (SSSR count). The third-order valence-electron chi connectivity index (χ3n) is 4.06. The smallest absolute Gasteiger partial charge is 0.246 e. The number of sulfonamides is 1. The third-order valence-corrected chi connectivity index (χ3v) is 5.92. The number of piperazine rings is 1. The Bertz CT molecular complexity index is 550. The second-order valence-electron chi connectivity index (χ2n) is 5.36. The fraction of sp³-hybridized carbons (Fsp3) is 0.769. The number of rotatable bonds is 6. The van der Waals surface area contributed by atoms with Gasteiger partial charge in [0.25, 0.3) is 0 Å². The fourth-order valence-corrected chi connectivity index (χ4v) is 3.87. The highest BCUT2D eigenvalue weighted by Gasteiger charge is 2.30. The van der Waals surface area contributed by atoms with Crippen LogP contribution in [-0.4, -0.2) is 71.3 Å². The van der Waals surface area contributed by atoms with Crippen molar-refractivity contribution in [1.82, 2.24) is 19.0 Å². The van der Waals surface area contributed by atoms with Crippen molar-refractivity contribution in [3.63, 3.8) is 0 Å². The van der Waals surface area contributed by atoms with Crippen LogP contribution in [0.25, 0.3) is 0 Å². The summed E-state index contributed by atoms with van der Waals surface area (Å²) in [5.41, 5.74) is 0. The van der Waals surface area contributed by atoms with Gasteiger partial charge in [-0.15, -0.1) is 0 Å². The molecule has 0 bridgehead atoms. The highest BCUT2D eigenvalue weighted by Crippen LogP contribution is 2.18. The monoisotopic (exact) mass is 316 g/mol. The highest BCUT2D eigenvalue weighted by molar-refractivity contribution is 7.89. The molecule has 1 aliphatic rings. The highest BCUT2D eigenvalue weighted by atomic mass is 32.2. The van der Waals surface area contributed by atoms with E-state index < -0.39 is 10.0 Å². The molecule has 0 radical (unpaired) electrons. The van der Waals surface area contributed by atoms with Crippen LogP contribution in [0.3, 0.4) is 0 Å². The molecule has 1 aromatic heterocycles. The summed E-state index contributed by atoms with van der Waals surface area (Å²) in [4.78, 5) is 2.52. The first-order chi connectivity index (χ1) is 9.98. The van der Waals surface area contributed by atoms with Crippen LogP contribution in [0, 0.1) is 0 Å². The molecular formula is C13H24N4O3S. The predicted octanol–water partition coefficient (Wildman–Crippen LogP) is -0.0198. The van der Waals surface area contributed by atoms with Crippen molar-refractivity contribution in [3.8, 4) is 0 Å². The summed E-state index contributed by atoms with van der Waals surface area (Å²) in [6.07, 6.45) is 3.90. The summed E-state index contributed by atoms with van der Waals surface area (Å²) in [5.74, 6) is 0. The summed E-state index contributed by atoms with van der Waals surface area (Å²) in [6.45, 7) is 7.10. The molecule has 8 heteroatoms. The van der Waals surface area contributed by atoms with E-state index in [2.05, 4.69) is 23.8 Å². The van der Waals surface area contributed by atoms with Gasteiger partial charge in [0.05, 0.1) is 19.3 Å². The largest absolute Gasteiger partial charge is 0.394 e. The summed E-state index contributed by atoms with van der Waals surface area (Å²) < 4.78 is 28.1. The van der Waals surface area contributed by atoms with E-state index >= 15 is 0 Å². The third kappa shape index (κ3) is 3.63. The molecule has 1 N–H and O–H groups in total. The summed E-state index contributed by atoms with van der Waals surface area (Å²) in [5, 5.41) is 12.8. The normalized spacial score (nSPS) is 19.8. The van der Waals surface area contributed by atoms with Gasteiger partial charge < -0.3 is 5.11 Å². The summed E-state index contributed by atoms with van der Waals surface area (Å²) in [7, 11) is -3.47. The second kappa shape index (κ2) is 6.87. The molecule has 0 aliphatic carbocycles. The number of hydrogen-bond acceptors (Lipinski definition) is 5. The topological polar surface area (TPSA) is 78.7 Å². The zero-order valence-corrected chi connectivity index (χ0v) is 13.5. The lowest BCUT2D eigenvalue weighted by Crippen LogP contribution is -2.51. The van der Waals surface area contributed by atoms with Gasteiger partial charge in [-0.1, -0.05) is 6.92 Å². The van der Waals surface area contributed by atoms with E-state index in [1.807, 2.05) is 0 Å². The Balaban J connectivity index is 2.03. The molecule has 1 aromatic rings. The molecular weight excluding hydrogens is 292 g/mol. The average molecular weight is 316 g/mol.